The van der Waals surface area contributed by atoms with Crippen LogP contribution < -0.4 is 4.74 Å². The summed E-state index contributed by atoms with van der Waals surface area (Å²) in [6.45, 7) is 6.38. The third-order valence-electron chi connectivity index (χ3n) is 4.22. The van der Waals surface area contributed by atoms with Gasteiger partial charge in [0.1, 0.15) is 22.7 Å². The molecule has 2 heterocycles. The van der Waals surface area contributed by atoms with Crippen LogP contribution in [0.4, 0.5) is 4.79 Å². The standard InChI is InChI=1S/C17H23NO5/c1-16(2,3)23-15(21)18-7-6-17(10-18)9-13(20)12-5-4-11(19)8-14(12)22-17/h4-5,8,13,19-20H,6-7,9-10H2,1-3H3/t13-,17+/m0/s1. The van der Waals surface area contributed by atoms with Crippen LogP contribution in [0.2, 0.25) is 0 Å². The molecular weight excluding hydrogens is 298 g/mol. The molecule has 0 bridgehead atoms. The molecule has 1 aromatic rings. The molecule has 2 atom stereocenters. The van der Waals surface area contributed by atoms with E-state index in [1.54, 1.807) is 11.0 Å². The number of carbonyl (C=O) groups is 1. The Balaban J connectivity index is 1.76. The molecule has 1 spiro atoms. The molecule has 3 rings (SSSR count). The Hall–Kier alpha value is -1.95. The Morgan fingerprint density at radius 1 is 1.43 bits per heavy atom. The lowest BCUT2D eigenvalue weighted by Gasteiger charge is -2.38. The van der Waals surface area contributed by atoms with E-state index in [0.717, 1.165) is 0 Å². The predicted octanol–water partition coefficient (Wildman–Crippen LogP) is 2.59. The third-order valence-corrected chi connectivity index (χ3v) is 4.22. The lowest BCUT2D eigenvalue weighted by molar-refractivity contribution is -0.0132. The maximum absolute atomic E-state index is 12.2. The largest absolute Gasteiger partial charge is 0.508 e. The van der Waals surface area contributed by atoms with E-state index in [4.69, 9.17) is 9.47 Å². The van der Waals surface area contributed by atoms with Crippen molar-refractivity contribution in [2.75, 3.05) is 13.1 Å². The van der Waals surface area contributed by atoms with Gasteiger partial charge >= 0.3 is 6.09 Å². The number of likely N-dealkylation sites (tertiary alicyclic amines) is 1. The second-order valence-corrected chi connectivity index (χ2v) is 7.38. The Labute approximate surface area is 135 Å². The molecule has 23 heavy (non-hydrogen) atoms. The number of phenols is 1. The van der Waals surface area contributed by atoms with Crippen molar-refractivity contribution in [1.29, 1.82) is 0 Å². The second-order valence-electron chi connectivity index (χ2n) is 7.38. The molecule has 1 saturated heterocycles. The molecule has 0 saturated carbocycles. The number of ether oxygens (including phenoxy) is 2. The summed E-state index contributed by atoms with van der Waals surface area (Å²) in [7, 11) is 0. The first-order chi connectivity index (χ1) is 10.7. The Morgan fingerprint density at radius 2 is 2.17 bits per heavy atom. The maximum Gasteiger partial charge on any atom is 0.410 e. The van der Waals surface area contributed by atoms with Crippen LogP contribution in [0.25, 0.3) is 0 Å². The highest BCUT2D eigenvalue weighted by molar-refractivity contribution is 5.68. The van der Waals surface area contributed by atoms with Crippen LogP contribution in [-0.4, -0.2) is 45.5 Å². The van der Waals surface area contributed by atoms with Crippen LogP contribution in [0.3, 0.4) is 0 Å². The van der Waals surface area contributed by atoms with Gasteiger partial charge in [-0.1, -0.05) is 0 Å². The van der Waals surface area contributed by atoms with E-state index in [-0.39, 0.29) is 11.8 Å². The molecular formula is C17H23NO5. The van der Waals surface area contributed by atoms with Gasteiger partial charge in [0.2, 0.25) is 0 Å². The van der Waals surface area contributed by atoms with Gasteiger partial charge in [0, 0.05) is 31.0 Å². The van der Waals surface area contributed by atoms with Crippen LogP contribution in [0.5, 0.6) is 11.5 Å². The summed E-state index contributed by atoms with van der Waals surface area (Å²) in [6, 6.07) is 4.71. The minimum atomic E-state index is -0.669. The van der Waals surface area contributed by atoms with Crippen molar-refractivity contribution < 1.29 is 24.5 Å². The van der Waals surface area contributed by atoms with Crippen molar-refractivity contribution in [3.63, 3.8) is 0 Å². The highest BCUT2D eigenvalue weighted by Crippen LogP contribution is 2.44. The van der Waals surface area contributed by atoms with E-state index in [1.165, 1.54) is 12.1 Å². The number of fused-ring (bicyclic) bond motifs is 1. The first-order valence-electron chi connectivity index (χ1n) is 7.85. The van der Waals surface area contributed by atoms with E-state index in [0.29, 0.717) is 37.2 Å². The number of hydrogen-bond acceptors (Lipinski definition) is 5. The summed E-state index contributed by atoms with van der Waals surface area (Å²) in [4.78, 5) is 13.8. The van der Waals surface area contributed by atoms with Crippen LogP contribution >= 0.6 is 0 Å². The molecule has 0 aromatic heterocycles. The van der Waals surface area contributed by atoms with E-state index in [1.807, 2.05) is 20.8 Å². The van der Waals surface area contributed by atoms with E-state index in [2.05, 4.69) is 0 Å². The molecule has 2 aliphatic heterocycles. The summed E-state index contributed by atoms with van der Waals surface area (Å²) in [5.74, 6) is 0.574. The fourth-order valence-electron chi connectivity index (χ4n) is 3.20. The molecule has 126 valence electrons. The first kappa shape index (κ1) is 15.9. The average molecular weight is 321 g/mol. The molecule has 6 nitrogen and oxygen atoms in total. The predicted molar refractivity (Wildman–Crippen MR) is 83.5 cm³/mol. The van der Waals surface area contributed by atoms with Gasteiger partial charge in [-0.15, -0.1) is 0 Å². The zero-order chi connectivity index (χ0) is 16.8. The van der Waals surface area contributed by atoms with Gasteiger partial charge in [-0.3, -0.25) is 0 Å². The Kier molecular flexibility index (Phi) is 3.67. The Bertz CT molecular complexity index is 624. The van der Waals surface area contributed by atoms with Crippen molar-refractivity contribution in [2.45, 2.75) is 50.9 Å². The highest BCUT2D eigenvalue weighted by atomic mass is 16.6. The molecule has 1 aromatic carbocycles. The number of aromatic hydroxyl groups is 1. The number of phenolic OH excluding ortho intramolecular Hbond substituents is 1. The maximum atomic E-state index is 12.2. The number of benzene rings is 1. The van der Waals surface area contributed by atoms with Crippen molar-refractivity contribution in [3.05, 3.63) is 23.8 Å². The third kappa shape index (κ3) is 3.22. The summed E-state index contributed by atoms with van der Waals surface area (Å²) >= 11 is 0. The fraction of sp³-hybridized carbons (Fsp3) is 0.588. The summed E-state index contributed by atoms with van der Waals surface area (Å²) in [5, 5.41) is 20.0. The summed E-state index contributed by atoms with van der Waals surface area (Å²) in [6.07, 6.45) is 0.00903. The Morgan fingerprint density at radius 3 is 2.87 bits per heavy atom. The number of amides is 1. The van der Waals surface area contributed by atoms with E-state index in [9.17, 15) is 15.0 Å². The molecule has 1 amide bonds. The van der Waals surface area contributed by atoms with Gasteiger partial charge in [0.15, 0.2) is 0 Å². The normalized spacial score (nSPS) is 26.8. The van der Waals surface area contributed by atoms with Crippen molar-refractivity contribution in [1.82, 2.24) is 4.90 Å². The second kappa shape index (κ2) is 5.30. The number of carbonyl (C=O) groups excluding carboxylic acids is 1. The molecule has 0 unspecified atom stereocenters. The quantitative estimate of drug-likeness (QED) is 0.768. The van der Waals surface area contributed by atoms with Crippen molar-refractivity contribution in [3.8, 4) is 11.5 Å². The van der Waals surface area contributed by atoms with Crippen molar-refractivity contribution in [2.24, 2.45) is 0 Å². The van der Waals surface area contributed by atoms with Gasteiger partial charge in [-0.05, 0) is 32.9 Å². The van der Waals surface area contributed by atoms with Crippen LogP contribution in [0.1, 0.15) is 45.3 Å². The lowest BCUT2D eigenvalue weighted by atomic mass is 9.88. The average Bonchev–Trinajstić information content (AvgIpc) is 2.79. The molecule has 1 fully saturated rings. The monoisotopic (exact) mass is 321 g/mol. The molecule has 0 aliphatic carbocycles. The SMILES string of the molecule is CC(C)(C)OC(=O)N1CC[C@@]2(C[C@H](O)c3ccc(O)cc3O2)C1. The number of nitrogens with zero attached hydrogens (tertiary/aromatic N) is 1. The minimum Gasteiger partial charge on any atom is -0.508 e. The summed E-state index contributed by atoms with van der Waals surface area (Å²) < 4.78 is 11.5. The number of aliphatic hydroxyl groups excluding tert-OH is 1. The van der Waals surface area contributed by atoms with Crippen molar-refractivity contribution >= 4 is 6.09 Å². The molecule has 2 aliphatic rings. The molecule has 0 radical (unpaired) electrons. The number of rotatable bonds is 0. The van der Waals surface area contributed by atoms with Gasteiger partial charge in [0.25, 0.3) is 0 Å². The molecule has 6 heteroatoms. The number of aliphatic hydroxyl groups is 1. The molecule has 2 N–H and O–H groups in total. The summed E-state index contributed by atoms with van der Waals surface area (Å²) in [5.41, 5.74) is -0.501. The highest BCUT2D eigenvalue weighted by Gasteiger charge is 2.47. The van der Waals surface area contributed by atoms with Crippen LogP contribution in [0, 0.1) is 0 Å². The first-order valence-corrected chi connectivity index (χ1v) is 7.85. The van der Waals surface area contributed by atoms with Gasteiger partial charge in [0.05, 0.1) is 12.6 Å². The zero-order valence-corrected chi connectivity index (χ0v) is 13.7. The number of hydrogen-bond donors (Lipinski definition) is 2. The van der Waals surface area contributed by atoms with E-state index >= 15 is 0 Å². The topological polar surface area (TPSA) is 79.2 Å². The van der Waals surface area contributed by atoms with E-state index < -0.39 is 17.3 Å². The van der Waals surface area contributed by atoms with Gasteiger partial charge < -0.3 is 24.6 Å². The smallest absolute Gasteiger partial charge is 0.410 e. The van der Waals surface area contributed by atoms with Crippen LogP contribution in [-0.2, 0) is 4.74 Å². The fourth-order valence-corrected chi connectivity index (χ4v) is 3.20. The van der Waals surface area contributed by atoms with Crippen LogP contribution in [0.15, 0.2) is 18.2 Å². The minimum absolute atomic E-state index is 0.0926. The lowest BCUT2D eigenvalue weighted by Crippen LogP contribution is -2.45. The zero-order valence-electron chi connectivity index (χ0n) is 13.7. The van der Waals surface area contributed by atoms with Gasteiger partial charge in [-0.25, -0.2) is 4.79 Å². The van der Waals surface area contributed by atoms with Gasteiger partial charge in [-0.2, -0.15) is 0 Å².